The summed E-state index contributed by atoms with van der Waals surface area (Å²) in [7, 11) is 0. The summed E-state index contributed by atoms with van der Waals surface area (Å²) in [6.45, 7) is 5.58. The first-order valence-electron chi connectivity index (χ1n) is 10.2. The number of amides is 1. The van der Waals surface area contributed by atoms with Gasteiger partial charge in [-0.15, -0.1) is 0 Å². The van der Waals surface area contributed by atoms with Crippen LogP contribution in [0.2, 0.25) is 0 Å². The second-order valence-corrected chi connectivity index (χ2v) is 7.48. The van der Waals surface area contributed by atoms with Crippen LogP contribution in [-0.4, -0.2) is 35.2 Å². The van der Waals surface area contributed by atoms with E-state index in [9.17, 15) is 4.79 Å². The first-order valence-corrected chi connectivity index (χ1v) is 10.2. The van der Waals surface area contributed by atoms with Crippen LogP contribution >= 0.6 is 0 Å². The molecular formula is C22H27N3O4. The van der Waals surface area contributed by atoms with E-state index in [2.05, 4.69) is 17.0 Å². The molecule has 1 N–H and O–H groups in total. The normalized spacial score (nSPS) is 19.0. The van der Waals surface area contributed by atoms with Gasteiger partial charge in [-0.05, 0) is 55.7 Å². The van der Waals surface area contributed by atoms with Crippen molar-refractivity contribution in [3.05, 3.63) is 54.6 Å². The van der Waals surface area contributed by atoms with Crippen LogP contribution in [0.15, 0.2) is 49.0 Å². The molecule has 1 aromatic heterocycles. The van der Waals surface area contributed by atoms with Gasteiger partial charge in [-0.3, -0.25) is 9.48 Å². The lowest BCUT2D eigenvalue weighted by Crippen LogP contribution is -2.24. The van der Waals surface area contributed by atoms with Crippen molar-refractivity contribution < 1.29 is 19.0 Å². The van der Waals surface area contributed by atoms with Crippen molar-refractivity contribution in [1.29, 1.82) is 0 Å². The zero-order valence-electron chi connectivity index (χ0n) is 16.5. The van der Waals surface area contributed by atoms with E-state index >= 15 is 0 Å². The molecule has 1 saturated carbocycles. The Bertz CT molecular complexity index is 836. The predicted octanol–water partition coefficient (Wildman–Crippen LogP) is 3.83. The highest BCUT2D eigenvalue weighted by atomic mass is 16.7. The second kappa shape index (κ2) is 9.24. The third-order valence-corrected chi connectivity index (χ3v) is 5.08. The van der Waals surface area contributed by atoms with Crippen molar-refractivity contribution in [2.75, 3.05) is 18.5 Å². The zero-order valence-corrected chi connectivity index (χ0v) is 16.5. The molecule has 1 atom stereocenters. The molecule has 7 heteroatoms. The topological polar surface area (TPSA) is 74.6 Å². The minimum Gasteiger partial charge on any atom is -0.452 e. The first kappa shape index (κ1) is 19.7. The number of hydrogen-bond donors (Lipinski definition) is 1. The number of nitrogens with one attached hydrogen (secondary N) is 1. The van der Waals surface area contributed by atoms with Crippen LogP contribution in [0.25, 0.3) is 0 Å². The van der Waals surface area contributed by atoms with Gasteiger partial charge < -0.3 is 19.5 Å². The van der Waals surface area contributed by atoms with Crippen LogP contribution in [0.3, 0.4) is 0 Å². The number of rotatable bonds is 9. The molecule has 2 aliphatic rings. The van der Waals surface area contributed by atoms with E-state index in [0.717, 1.165) is 25.9 Å². The molecule has 1 aliphatic carbocycles. The first-order chi connectivity index (χ1) is 14.2. The monoisotopic (exact) mass is 397 g/mol. The van der Waals surface area contributed by atoms with E-state index in [1.165, 1.54) is 18.4 Å². The Hall–Kier alpha value is -2.64. The molecule has 1 amide bonds. The van der Waals surface area contributed by atoms with Crippen LogP contribution in [-0.2, 0) is 20.8 Å². The minimum atomic E-state index is -0.400. The number of benzene rings is 1. The van der Waals surface area contributed by atoms with Crippen molar-refractivity contribution in [2.24, 2.45) is 0 Å². The maximum absolute atomic E-state index is 12.3. The molecule has 7 nitrogen and oxygen atoms in total. The molecule has 1 unspecified atom stereocenters. The van der Waals surface area contributed by atoms with E-state index in [1.54, 1.807) is 17.1 Å². The van der Waals surface area contributed by atoms with Crippen molar-refractivity contribution in [1.82, 2.24) is 9.78 Å². The zero-order chi connectivity index (χ0) is 20.1. The molecular weight excluding hydrogens is 370 g/mol. The Morgan fingerprint density at radius 1 is 1.24 bits per heavy atom. The smallest absolute Gasteiger partial charge is 0.290 e. The fourth-order valence-electron chi connectivity index (χ4n) is 3.28. The largest absolute Gasteiger partial charge is 0.452 e. The second-order valence-electron chi connectivity index (χ2n) is 7.48. The highest BCUT2D eigenvalue weighted by Gasteiger charge is 2.23. The van der Waals surface area contributed by atoms with E-state index in [1.807, 2.05) is 24.3 Å². The van der Waals surface area contributed by atoms with Crippen LogP contribution in [0.5, 0.6) is 5.75 Å². The lowest BCUT2D eigenvalue weighted by molar-refractivity contribution is -0.163. The van der Waals surface area contributed by atoms with Crippen molar-refractivity contribution >= 4 is 11.6 Å². The number of ether oxygens (including phenoxy) is 3. The van der Waals surface area contributed by atoms with Gasteiger partial charge in [0.15, 0.2) is 12.0 Å². The Kier molecular flexibility index (Phi) is 6.27. The summed E-state index contributed by atoms with van der Waals surface area (Å²) in [5, 5.41) is 6.99. The summed E-state index contributed by atoms with van der Waals surface area (Å²) in [6.07, 6.45) is 8.91. The molecule has 2 heterocycles. The number of hydrogen-bond acceptors (Lipinski definition) is 5. The third kappa shape index (κ3) is 5.68. The number of carbonyl (C=O) groups excluding carboxylic acids is 1. The molecule has 154 valence electrons. The summed E-state index contributed by atoms with van der Waals surface area (Å²) >= 11 is 0. The lowest BCUT2D eigenvalue weighted by atomic mass is 10.1. The van der Waals surface area contributed by atoms with E-state index in [-0.39, 0.29) is 12.0 Å². The molecule has 2 fully saturated rings. The van der Waals surface area contributed by atoms with Gasteiger partial charge in [0.2, 0.25) is 0 Å². The fourth-order valence-corrected chi connectivity index (χ4v) is 3.28. The standard InChI is InChI=1S/C22H27N3O4/c1-16(29-20-9-7-18(8-10-20)17-5-6-17)22(26)24-19-14-23-25(15-19)11-13-28-21-4-2-3-12-27-21/h7-10,14-15,17,21H,1-6,11-13H2,(H,24,26). The Labute approximate surface area is 170 Å². The molecule has 0 radical (unpaired) electrons. The van der Waals surface area contributed by atoms with Gasteiger partial charge in [0.05, 0.1) is 25.0 Å². The lowest BCUT2D eigenvalue weighted by Gasteiger charge is -2.22. The third-order valence-electron chi connectivity index (χ3n) is 5.08. The van der Waals surface area contributed by atoms with E-state index < -0.39 is 5.91 Å². The molecule has 29 heavy (non-hydrogen) atoms. The number of anilines is 1. The van der Waals surface area contributed by atoms with Gasteiger partial charge in [-0.25, -0.2) is 0 Å². The Morgan fingerprint density at radius 3 is 2.79 bits per heavy atom. The molecule has 1 aromatic carbocycles. The number of nitrogens with zero attached hydrogens (tertiary/aromatic N) is 2. The summed E-state index contributed by atoms with van der Waals surface area (Å²) in [5.74, 6) is 0.928. The van der Waals surface area contributed by atoms with Crippen LogP contribution in [0.4, 0.5) is 5.69 Å². The van der Waals surface area contributed by atoms with Crippen LogP contribution < -0.4 is 10.1 Å². The summed E-state index contributed by atoms with van der Waals surface area (Å²) in [5.41, 5.74) is 1.90. The van der Waals surface area contributed by atoms with Crippen molar-refractivity contribution in [2.45, 2.75) is 50.9 Å². The molecule has 1 aliphatic heterocycles. The number of aromatic nitrogens is 2. The van der Waals surface area contributed by atoms with Crippen LogP contribution in [0, 0.1) is 0 Å². The highest BCUT2D eigenvalue weighted by molar-refractivity contribution is 6.01. The minimum absolute atomic E-state index is 0.0368. The quantitative estimate of drug-likeness (QED) is 0.514. The maximum Gasteiger partial charge on any atom is 0.290 e. The van der Waals surface area contributed by atoms with Gasteiger partial charge in [0.1, 0.15) is 5.75 Å². The molecule has 1 saturated heterocycles. The van der Waals surface area contributed by atoms with Crippen molar-refractivity contribution in [3.63, 3.8) is 0 Å². The van der Waals surface area contributed by atoms with Gasteiger partial charge >= 0.3 is 0 Å². The molecule has 0 spiro atoms. The van der Waals surface area contributed by atoms with E-state index in [4.69, 9.17) is 14.2 Å². The Morgan fingerprint density at radius 2 is 2.07 bits per heavy atom. The molecule has 2 aromatic rings. The average Bonchev–Trinajstić information content (AvgIpc) is 3.50. The fraction of sp³-hybridized carbons (Fsp3) is 0.455. The van der Waals surface area contributed by atoms with Gasteiger partial charge in [-0.2, -0.15) is 5.10 Å². The Balaban J connectivity index is 1.21. The maximum atomic E-state index is 12.3. The van der Waals surface area contributed by atoms with E-state index in [0.29, 0.717) is 30.5 Å². The van der Waals surface area contributed by atoms with Gasteiger partial charge in [0.25, 0.3) is 5.91 Å². The number of carbonyl (C=O) groups is 1. The summed E-state index contributed by atoms with van der Waals surface area (Å²) < 4.78 is 18.5. The SMILES string of the molecule is C=C(Oc1ccc(C2CC2)cc1)C(=O)Nc1cnn(CCOC2CCCCO2)c1. The molecule has 4 rings (SSSR count). The average molecular weight is 397 g/mol. The predicted molar refractivity (Wildman–Crippen MR) is 109 cm³/mol. The van der Waals surface area contributed by atoms with Crippen LogP contribution in [0.1, 0.15) is 43.6 Å². The highest BCUT2D eigenvalue weighted by Crippen LogP contribution is 2.40. The summed E-state index contributed by atoms with van der Waals surface area (Å²) in [4.78, 5) is 12.3. The van der Waals surface area contributed by atoms with Gasteiger partial charge in [-0.1, -0.05) is 18.7 Å². The molecule has 0 bridgehead atoms. The van der Waals surface area contributed by atoms with Gasteiger partial charge in [0, 0.05) is 12.8 Å². The summed E-state index contributed by atoms with van der Waals surface area (Å²) in [6, 6.07) is 7.84. The van der Waals surface area contributed by atoms with Crippen molar-refractivity contribution in [3.8, 4) is 5.75 Å².